The van der Waals surface area contributed by atoms with Gasteiger partial charge in [-0.05, 0) is 46.4 Å². The van der Waals surface area contributed by atoms with Gasteiger partial charge in [-0.25, -0.2) is 4.98 Å². The van der Waals surface area contributed by atoms with Gasteiger partial charge in [0.2, 0.25) is 5.91 Å². The van der Waals surface area contributed by atoms with Crippen LogP contribution in [0.1, 0.15) is 30.9 Å². The van der Waals surface area contributed by atoms with E-state index >= 15 is 0 Å². The van der Waals surface area contributed by atoms with Crippen molar-refractivity contribution in [2.45, 2.75) is 33.2 Å². The largest absolute Gasteiger partial charge is 0.379 e. The lowest BCUT2D eigenvalue weighted by Crippen LogP contribution is -2.47. The molecule has 1 amide bonds. The number of nitrogens with zero attached hydrogens (tertiary/aromatic N) is 3. The molecular weight excluding hydrogens is 316 g/mol. The summed E-state index contributed by atoms with van der Waals surface area (Å²) in [6.07, 6.45) is 2.01. The number of aryl methyl sites for hydroxylation is 2. The highest BCUT2D eigenvalue weighted by Crippen LogP contribution is 2.25. The molecule has 0 aliphatic carbocycles. The van der Waals surface area contributed by atoms with Crippen LogP contribution in [0.5, 0.6) is 0 Å². The average molecular weight is 344 g/mol. The fourth-order valence-corrected chi connectivity index (χ4v) is 3.55. The zero-order valence-electron chi connectivity index (χ0n) is 15.8. The summed E-state index contributed by atoms with van der Waals surface area (Å²) in [5.41, 5.74) is 2.69. The minimum absolute atomic E-state index is 0.0146. The first-order chi connectivity index (χ1) is 11.8. The van der Waals surface area contributed by atoms with E-state index < -0.39 is 5.54 Å². The molecule has 1 saturated heterocycles. The van der Waals surface area contributed by atoms with Gasteiger partial charge < -0.3 is 19.4 Å². The maximum absolute atomic E-state index is 12.8. The molecule has 2 aromatic heterocycles. The van der Waals surface area contributed by atoms with Crippen molar-refractivity contribution in [1.82, 2.24) is 19.6 Å². The van der Waals surface area contributed by atoms with Gasteiger partial charge >= 0.3 is 0 Å². The first kappa shape index (κ1) is 17.9. The molecule has 0 aromatic carbocycles. The third-order valence-electron chi connectivity index (χ3n) is 4.87. The molecule has 1 aliphatic heterocycles. The number of aromatic nitrogens is 2. The van der Waals surface area contributed by atoms with Crippen LogP contribution in [0.3, 0.4) is 0 Å². The number of carbonyl (C=O) groups is 1. The van der Waals surface area contributed by atoms with Crippen LogP contribution in [0, 0.1) is 19.8 Å². The molecule has 3 heterocycles. The van der Waals surface area contributed by atoms with Crippen molar-refractivity contribution in [2.75, 3.05) is 33.4 Å². The molecule has 0 spiro atoms. The second kappa shape index (κ2) is 6.77. The van der Waals surface area contributed by atoms with Crippen molar-refractivity contribution in [3.63, 3.8) is 0 Å². The number of ether oxygens (including phenoxy) is 1. The van der Waals surface area contributed by atoms with Gasteiger partial charge in [0.05, 0.1) is 35.9 Å². The Morgan fingerprint density at radius 1 is 1.40 bits per heavy atom. The fourth-order valence-electron chi connectivity index (χ4n) is 3.55. The Kier molecular flexibility index (Phi) is 4.84. The van der Waals surface area contributed by atoms with Crippen LogP contribution in [0.25, 0.3) is 5.52 Å². The minimum atomic E-state index is -0.576. The van der Waals surface area contributed by atoms with E-state index in [1.54, 1.807) is 0 Å². The summed E-state index contributed by atoms with van der Waals surface area (Å²) in [5.74, 6) is 0.696. The lowest BCUT2D eigenvalue weighted by Gasteiger charge is -2.28. The van der Waals surface area contributed by atoms with Gasteiger partial charge in [0.15, 0.2) is 0 Å². The Hall–Kier alpha value is -1.92. The van der Waals surface area contributed by atoms with Crippen LogP contribution in [-0.4, -0.2) is 53.5 Å². The highest BCUT2D eigenvalue weighted by atomic mass is 16.5. The second-order valence-electron chi connectivity index (χ2n) is 7.58. The molecular formula is C19H28N4O2. The van der Waals surface area contributed by atoms with E-state index in [-0.39, 0.29) is 11.8 Å². The van der Waals surface area contributed by atoms with Gasteiger partial charge in [-0.15, -0.1) is 0 Å². The first-order valence-corrected chi connectivity index (χ1v) is 8.82. The summed E-state index contributed by atoms with van der Waals surface area (Å²) < 4.78 is 7.67. The summed E-state index contributed by atoms with van der Waals surface area (Å²) in [6.45, 7) is 10.8. The van der Waals surface area contributed by atoms with Crippen molar-refractivity contribution in [3.8, 4) is 0 Å². The molecule has 1 aliphatic rings. The van der Waals surface area contributed by atoms with Crippen molar-refractivity contribution in [2.24, 2.45) is 5.92 Å². The van der Waals surface area contributed by atoms with Gasteiger partial charge in [0, 0.05) is 19.3 Å². The molecule has 6 nitrogen and oxygen atoms in total. The molecule has 0 radical (unpaired) electrons. The SMILES string of the molecule is Cc1cccn2c(C(C)(C)NC(=O)C3COCCN(C)C3)nc(C)c12. The quantitative estimate of drug-likeness (QED) is 0.924. The number of likely N-dealkylation sites (N-methyl/N-ethyl adjacent to an activating group) is 1. The molecule has 2 aromatic rings. The number of hydrogen-bond acceptors (Lipinski definition) is 4. The first-order valence-electron chi connectivity index (χ1n) is 8.82. The summed E-state index contributed by atoms with van der Waals surface area (Å²) in [6, 6.07) is 4.09. The molecule has 0 bridgehead atoms. The molecule has 3 rings (SSSR count). The van der Waals surface area contributed by atoms with Gasteiger partial charge in [0.25, 0.3) is 0 Å². The van der Waals surface area contributed by atoms with Crippen LogP contribution in [0.15, 0.2) is 18.3 Å². The lowest BCUT2D eigenvalue weighted by molar-refractivity contribution is -0.128. The lowest BCUT2D eigenvalue weighted by atomic mass is 10.0. The average Bonchev–Trinajstić information content (AvgIpc) is 2.74. The topological polar surface area (TPSA) is 58.9 Å². The Morgan fingerprint density at radius 2 is 2.16 bits per heavy atom. The third kappa shape index (κ3) is 3.55. The summed E-state index contributed by atoms with van der Waals surface area (Å²) in [7, 11) is 2.02. The minimum Gasteiger partial charge on any atom is -0.379 e. The van der Waals surface area contributed by atoms with Crippen LogP contribution in [0.2, 0.25) is 0 Å². The number of rotatable bonds is 3. The van der Waals surface area contributed by atoms with Gasteiger partial charge in [0.1, 0.15) is 5.82 Å². The second-order valence-corrected chi connectivity index (χ2v) is 7.58. The molecule has 1 atom stereocenters. The normalized spacial score (nSPS) is 19.8. The van der Waals surface area contributed by atoms with E-state index in [2.05, 4.69) is 27.6 Å². The van der Waals surface area contributed by atoms with Gasteiger partial charge in [-0.1, -0.05) is 6.07 Å². The van der Waals surface area contributed by atoms with E-state index in [0.29, 0.717) is 19.8 Å². The van der Waals surface area contributed by atoms with Crippen molar-refractivity contribution < 1.29 is 9.53 Å². The predicted octanol–water partition coefficient (Wildman–Crippen LogP) is 1.88. The standard InChI is InChI=1S/C19H28N4O2/c1-13-7-6-8-23-16(13)14(2)20-18(23)19(3,4)21-17(24)15-11-22(5)9-10-25-12-15/h6-8,15H,9-12H2,1-5H3,(H,21,24). The van der Waals surface area contributed by atoms with Crippen LogP contribution in [-0.2, 0) is 15.1 Å². The molecule has 1 fully saturated rings. The molecule has 0 saturated carbocycles. The summed E-state index contributed by atoms with van der Waals surface area (Å²) in [5, 5.41) is 3.19. The monoisotopic (exact) mass is 344 g/mol. The van der Waals surface area contributed by atoms with Crippen molar-refractivity contribution in [3.05, 3.63) is 35.4 Å². The molecule has 1 N–H and O–H groups in total. The number of pyridine rings is 1. The van der Waals surface area contributed by atoms with Gasteiger partial charge in [-0.3, -0.25) is 4.79 Å². The molecule has 136 valence electrons. The zero-order chi connectivity index (χ0) is 18.2. The number of fused-ring (bicyclic) bond motifs is 1. The van der Waals surface area contributed by atoms with E-state index in [9.17, 15) is 4.79 Å². The number of hydrogen-bond donors (Lipinski definition) is 1. The fraction of sp³-hybridized carbons (Fsp3) is 0.579. The van der Waals surface area contributed by atoms with Crippen molar-refractivity contribution in [1.29, 1.82) is 0 Å². The molecule has 6 heteroatoms. The highest BCUT2D eigenvalue weighted by molar-refractivity contribution is 5.80. The van der Waals surface area contributed by atoms with Crippen molar-refractivity contribution >= 4 is 11.4 Å². The Bertz CT molecular complexity index is 781. The molecule has 25 heavy (non-hydrogen) atoms. The summed E-state index contributed by atoms with van der Waals surface area (Å²) >= 11 is 0. The van der Waals surface area contributed by atoms with E-state index in [1.165, 1.54) is 5.56 Å². The maximum Gasteiger partial charge on any atom is 0.227 e. The highest BCUT2D eigenvalue weighted by Gasteiger charge is 2.32. The van der Waals surface area contributed by atoms with E-state index in [1.807, 2.05) is 40.1 Å². The van der Waals surface area contributed by atoms with Crippen LogP contribution < -0.4 is 5.32 Å². The third-order valence-corrected chi connectivity index (χ3v) is 4.87. The smallest absolute Gasteiger partial charge is 0.227 e. The van der Waals surface area contributed by atoms with E-state index in [4.69, 9.17) is 9.72 Å². The maximum atomic E-state index is 12.8. The Morgan fingerprint density at radius 3 is 2.92 bits per heavy atom. The van der Waals surface area contributed by atoms with Crippen LogP contribution >= 0.6 is 0 Å². The number of imidazole rings is 1. The number of amides is 1. The Labute approximate surface area is 149 Å². The van der Waals surface area contributed by atoms with E-state index in [0.717, 1.165) is 23.6 Å². The van der Waals surface area contributed by atoms with Gasteiger partial charge in [-0.2, -0.15) is 0 Å². The van der Waals surface area contributed by atoms with Crippen LogP contribution in [0.4, 0.5) is 0 Å². The number of carbonyl (C=O) groups excluding carboxylic acids is 1. The number of nitrogens with one attached hydrogen (secondary N) is 1. The zero-order valence-corrected chi connectivity index (χ0v) is 15.8. The predicted molar refractivity (Wildman–Crippen MR) is 97.6 cm³/mol. The molecule has 1 unspecified atom stereocenters. The Balaban J connectivity index is 1.87. The summed E-state index contributed by atoms with van der Waals surface area (Å²) in [4.78, 5) is 19.7.